The van der Waals surface area contributed by atoms with E-state index in [0.717, 1.165) is 0 Å². The van der Waals surface area contributed by atoms with Crippen LogP contribution in [0.5, 0.6) is 11.5 Å². The van der Waals surface area contributed by atoms with Gasteiger partial charge in [-0.25, -0.2) is 0 Å². The summed E-state index contributed by atoms with van der Waals surface area (Å²) in [7, 11) is 0. The topological polar surface area (TPSA) is 102 Å². The average molecular weight is 509 g/mol. The standard InChI is InChI=1S/C24H23F3N2O5S/c25-24(26,27)22-17(14-4-2-1-3-5-14)11-16(35-22)13-34-15-6-7-19-20(10-15)33-9-8-29(19)23(32)18(28)12-21(30)31/h1-2,4,6-7,10-11,18H,3,5,8-9,12-13,28H2,(H,30,31)/t18-/m1/s1. The van der Waals surface area contributed by atoms with Crippen molar-refractivity contribution in [3.05, 3.63) is 57.8 Å². The van der Waals surface area contributed by atoms with E-state index in [1.54, 1.807) is 30.4 Å². The van der Waals surface area contributed by atoms with E-state index in [4.69, 9.17) is 20.3 Å². The molecule has 1 aromatic carbocycles. The Hall–Kier alpha value is -3.31. The van der Waals surface area contributed by atoms with Gasteiger partial charge in [0, 0.05) is 16.5 Å². The monoisotopic (exact) mass is 508 g/mol. The number of thiophene rings is 1. The minimum Gasteiger partial charge on any atom is -0.489 e. The number of alkyl halides is 3. The van der Waals surface area contributed by atoms with E-state index >= 15 is 0 Å². The third kappa shape index (κ3) is 5.68. The van der Waals surface area contributed by atoms with Crippen LogP contribution in [0.25, 0.3) is 5.57 Å². The van der Waals surface area contributed by atoms with Crippen LogP contribution in [-0.4, -0.2) is 36.2 Å². The molecule has 0 saturated carbocycles. The maximum absolute atomic E-state index is 13.6. The Morgan fingerprint density at radius 1 is 1.29 bits per heavy atom. The SMILES string of the molecule is N[C@H](CC(=O)O)C(=O)N1CCOc2cc(OCc3cc(C4=CC=CCC4)c(C(F)(F)F)s3)ccc21. The Kier molecular flexibility index (Phi) is 7.18. The van der Waals surface area contributed by atoms with Crippen LogP contribution < -0.4 is 20.1 Å². The summed E-state index contributed by atoms with van der Waals surface area (Å²) < 4.78 is 52.3. The normalized spacial score (nSPS) is 16.2. The Bertz CT molecular complexity index is 1190. The zero-order chi connectivity index (χ0) is 25.2. The molecule has 4 rings (SSSR count). The maximum atomic E-state index is 13.6. The second-order valence-electron chi connectivity index (χ2n) is 8.07. The third-order valence-electron chi connectivity index (χ3n) is 5.55. The van der Waals surface area contributed by atoms with Crippen LogP contribution >= 0.6 is 11.3 Å². The van der Waals surface area contributed by atoms with E-state index in [-0.39, 0.29) is 25.3 Å². The fourth-order valence-corrected chi connectivity index (χ4v) is 4.91. The molecule has 11 heteroatoms. The molecule has 1 aliphatic heterocycles. The molecular formula is C24H23F3N2O5S. The molecule has 2 aromatic rings. The number of hydrogen-bond acceptors (Lipinski definition) is 6. The van der Waals surface area contributed by atoms with Crippen LogP contribution in [0.3, 0.4) is 0 Å². The van der Waals surface area contributed by atoms with Gasteiger partial charge in [0.25, 0.3) is 0 Å². The number of hydrogen-bond donors (Lipinski definition) is 2. The van der Waals surface area contributed by atoms with Gasteiger partial charge < -0.3 is 25.2 Å². The van der Waals surface area contributed by atoms with Gasteiger partial charge in [-0.1, -0.05) is 18.2 Å². The van der Waals surface area contributed by atoms with Gasteiger partial charge in [0.2, 0.25) is 5.91 Å². The van der Waals surface area contributed by atoms with Crippen LogP contribution in [0.4, 0.5) is 18.9 Å². The van der Waals surface area contributed by atoms with E-state index in [1.165, 1.54) is 11.0 Å². The van der Waals surface area contributed by atoms with Crippen molar-refractivity contribution in [1.82, 2.24) is 0 Å². The predicted molar refractivity (Wildman–Crippen MR) is 125 cm³/mol. The summed E-state index contributed by atoms with van der Waals surface area (Å²) in [6.07, 6.45) is 1.68. The predicted octanol–water partition coefficient (Wildman–Crippen LogP) is 4.61. The van der Waals surface area contributed by atoms with Crippen LogP contribution in [0.1, 0.15) is 34.6 Å². The number of rotatable bonds is 7. The Morgan fingerprint density at radius 2 is 2.09 bits per heavy atom. The summed E-state index contributed by atoms with van der Waals surface area (Å²) in [5.74, 6) is -1.02. The molecule has 2 heterocycles. The minimum absolute atomic E-state index is 0.0677. The van der Waals surface area contributed by atoms with Crippen LogP contribution in [0.15, 0.2) is 42.5 Å². The molecule has 0 fully saturated rings. The fraction of sp³-hybridized carbons (Fsp3) is 0.333. The van der Waals surface area contributed by atoms with Gasteiger partial charge in [0.1, 0.15) is 29.6 Å². The van der Waals surface area contributed by atoms with Crippen LogP contribution in [-0.2, 0) is 22.4 Å². The van der Waals surface area contributed by atoms with E-state index in [0.29, 0.717) is 51.8 Å². The number of carboxylic acid groups (broad SMARTS) is 1. The van der Waals surface area contributed by atoms with Crippen LogP contribution in [0, 0.1) is 0 Å². The van der Waals surface area contributed by atoms with Crippen molar-refractivity contribution < 1.29 is 37.3 Å². The number of nitrogens with zero attached hydrogens (tertiary/aromatic N) is 1. The van der Waals surface area contributed by atoms with Crippen molar-refractivity contribution in [3.8, 4) is 11.5 Å². The number of halogens is 3. The molecule has 0 bridgehead atoms. The first-order chi connectivity index (χ1) is 16.6. The number of allylic oxidation sites excluding steroid dienone is 4. The Labute approximate surface area is 203 Å². The maximum Gasteiger partial charge on any atom is 0.426 e. The van der Waals surface area contributed by atoms with Crippen molar-refractivity contribution in [2.75, 3.05) is 18.1 Å². The third-order valence-corrected chi connectivity index (χ3v) is 6.71. The first-order valence-corrected chi connectivity index (χ1v) is 11.7. The highest BCUT2D eigenvalue weighted by molar-refractivity contribution is 7.12. The van der Waals surface area contributed by atoms with Crippen LogP contribution in [0.2, 0.25) is 0 Å². The van der Waals surface area contributed by atoms with E-state index < -0.39 is 35.4 Å². The summed E-state index contributed by atoms with van der Waals surface area (Å²) in [4.78, 5) is 24.6. The number of benzene rings is 1. The quantitative estimate of drug-likeness (QED) is 0.567. The zero-order valence-corrected chi connectivity index (χ0v) is 19.3. The molecule has 35 heavy (non-hydrogen) atoms. The summed E-state index contributed by atoms with van der Waals surface area (Å²) >= 11 is 0.660. The first-order valence-electron chi connectivity index (χ1n) is 10.9. The highest BCUT2D eigenvalue weighted by Gasteiger charge is 2.37. The average Bonchev–Trinajstić information content (AvgIpc) is 3.27. The van der Waals surface area contributed by atoms with E-state index in [1.807, 2.05) is 6.08 Å². The number of carboxylic acids is 1. The largest absolute Gasteiger partial charge is 0.489 e. The number of nitrogens with two attached hydrogens (primary N) is 1. The molecule has 0 saturated heterocycles. The smallest absolute Gasteiger partial charge is 0.426 e. The molecule has 3 N–H and O–H groups in total. The summed E-state index contributed by atoms with van der Waals surface area (Å²) in [5, 5.41) is 8.89. The number of anilines is 1. The molecular weight excluding hydrogens is 485 g/mol. The van der Waals surface area contributed by atoms with Gasteiger partial charge in [-0.15, -0.1) is 11.3 Å². The summed E-state index contributed by atoms with van der Waals surface area (Å²) in [6.45, 7) is 0.319. The number of aliphatic carboxylic acids is 1. The molecule has 186 valence electrons. The number of fused-ring (bicyclic) bond motifs is 1. The molecule has 2 aliphatic rings. The van der Waals surface area contributed by atoms with Gasteiger partial charge in [0.05, 0.1) is 24.7 Å². The lowest BCUT2D eigenvalue weighted by molar-refractivity contribution is -0.139. The van der Waals surface area contributed by atoms with Crippen molar-refractivity contribution in [3.63, 3.8) is 0 Å². The van der Waals surface area contributed by atoms with Crippen molar-refractivity contribution in [2.45, 2.75) is 38.1 Å². The lowest BCUT2D eigenvalue weighted by atomic mass is 9.97. The molecule has 0 spiro atoms. The molecule has 7 nitrogen and oxygen atoms in total. The second-order valence-corrected chi connectivity index (χ2v) is 9.21. The lowest BCUT2D eigenvalue weighted by Crippen LogP contribution is -2.48. The van der Waals surface area contributed by atoms with E-state index in [9.17, 15) is 22.8 Å². The van der Waals surface area contributed by atoms with Gasteiger partial charge in [-0.3, -0.25) is 9.59 Å². The first kappa shape index (κ1) is 24.8. The van der Waals surface area contributed by atoms with Crippen molar-refractivity contribution >= 4 is 34.5 Å². The highest BCUT2D eigenvalue weighted by atomic mass is 32.1. The Balaban J connectivity index is 1.50. The second kappa shape index (κ2) is 10.1. The molecule has 1 aliphatic carbocycles. The van der Waals surface area contributed by atoms with Crippen molar-refractivity contribution in [1.29, 1.82) is 0 Å². The van der Waals surface area contributed by atoms with Gasteiger partial charge in [-0.2, -0.15) is 13.2 Å². The Morgan fingerprint density at radius 3 is 2.77 bits per heavy atom. The fourth-order valence-electron chi connectivity index (χ4n) is 3.94. The zero-order valence-electron chi connectivity index (χ0n) is 18.5. The highest BCUT2D eigenvalue weighted by Crippen LogP contribution is 2.43. The molecule has 0 unspecified atom stereocenters. The number of carbonyl (C=O) groups is 2. The van der Waals surface area contributed by atoms with Gasteiger partial charge >= 0.3 is 12.1 Å². The van der Waals surface area contributed by atoms with Gasteiger partial charge in [-0.05, 0) is 36.6 Å². The lowest BCUT2D eigenvalue weighted by Gasteiger charge is -2.31. The molecule has 1 amide bonds. The summed E-state index contributed by atoms with van der Waals surface area (Å²) in [5.41, 5.74) is 6.98. The van der Waals surface area contributed by atoms with E-state index in [2.05, 4.69) is 0 Å². The molecule has 0 radical (unpaired) electrons. The minimum atomic E-state index is -4.46. The van der Waals surface area contributed by atoms with Crippen molar-refractivity contribution in [2.24, 2.45) is 5.73 Å². The number of amides is 1. The number of carbonyl (C=O) groups excluding carboxylic acids is 1. The summed E-state index contributed by atoms with van der Waals surface area (Å²) in [6, 6.07) is 5.03. The van der Waals surface area contributed by atoms with Gasteiger partial charge in [0.15, 0.2) is 0 Å². The molecule has 1 aromatic heterocycles. The molecule has 1 atom stereocenters. The number of ether oxygens (including phenoxy) is 2.